The van der Waals surface area contributed by atoms with Gasteiger partial charge in [-0.25, -0.2) is 4.98 Å². The van der Waals surface area contributed by atoms with Gasteiger partial charge in [0.05, 0.1) is 17.3 Å². The first-order valence-electron chi connectivity index (χ1n) is 8.33. The molecule has 1 saturated heterocycles. The Kier molecular flexibility index (Phi) is 5.15. The van der Waals surface area contributed by atoms with E-state index in [0.717, 1.165) is 49.4 Å². The second-order valence-corrected chi connectivity index (χ2v) is 6.43. The number of likely N-dealkylation sites (tertiary alicyclic amines) is 1. The van der Waals surface area contributed by atoms with E-state index in [1.807, 2.05) is 32.2 Å². The second kappa shape index (κ2) is 7.49. The number of amides is 1. The van der Waals surface area contributed by atoms with E-state index in [1.165, 1.54) is 0 Å². The Bertz CT molecular complexity index is 684. The van der Waals surface area contributed by atoms with Crippen LogP contribution in [0.4, 0.5) is 5.82 Å². The summed E-state index contributed by atoms with van der Waals surface area (Å²) in [5.74, 6) is 0.651. The molecule has 126 valence electrons. The zero-order valence-electron chi connectivity index (χ0n) is 14.2. The van der Waals surface area contributed by atoms with Gasteiger partial charge in [0, 0.05) is 31.7 Å². The lowest BCUT2D eigenvalue weighted by Gasteiger charge is -2.31. The van der Waals surface area contributed by atoms with Crippen LogP contribution in [0.2, 0.25) is 0 Å². The highest BCUT2D eigenvalue weighted by molar-refractivity contribution is 5.91. The Balaban J connectivity index is 1.57. The minimum Gasteiger partial charge on any atom is -0.310 e. The number of pyridine rings is 1. The van der Waals surface area contributed by atoms with Crippen LogP contribution < -0.4 is 5.32 Å². The molecule has 3 heterocycles. The minimum atomic E-state index is -0.0136. The molecule has 6 nitrogen and oxygen atoms in total. The van der Waals surface area contributed by atoms with Crippen LogP contribution in [0.15, 0.2) is 30.7 Å². The Morgan fingerprint density at radius 1 is 1.21 bits per heavy atom. The first kappa shape index (κ1) is 16.5. The van der Waals surface area contributed by atoms with Gasteiger partial charge in [-0.15, -0.1) is 0 Å². The van der Waals surface area contributed by atoms with E-state index in [-0.39, 0.29) is 11.8 Å². The molecular formula is C18H23N5O. The van der Waals surface area contributed by atoms with E-state index >= 15 is 0 Å². The summed E-state index contributed by atoms with van der Waals surface area (Å²) in [5, 5.41) is 2.93. The molecule has 24 heavy (non-hydrogen) atoms. The average Bonchev–Trinajstić information content (AvgIpc) is 2.59. The fourth-order valence-electron chi connectivity index (χ4n) is 2.91. The zero-order valence-corrected chi connectivity index (χ0v) is 14.2. The molecule has 0 spiro atoms. The molecule has 1 fully saturated rings. The van der Waals surface area contributed by atoms with E-state index in [4.69, 9.17) is 0 Å². The molecular weight excluding hydrogens is 302 g/mol. The molecule has 0 aliphatic carbocycles. The van der Waals surface area contributed by atoms with E-state index in [0.29, 0.717) is 5.82 Å². The van der Waals surface area contributed by atoms with Crippen LogP contribution in [-0.4, -0.2) is 38.8 Å². The third-order valence-electron chi connectivity index (χ3n) is 4.26. The van der Waals surface area contributed by atoms with Crippen molar-refractivity contribution in [3.05, 3.63) is 47.7 Å². The van der Waals surface area contributed by atoms with Gasteiger partial charge in [-0.1, -0.05) is 6.07 Å². The summed E-state index contributed by atoms with van der Waals surface area (Å²) in [6, 6.07) is 3.79. The summed E-state index contributed by atoms with van der Waals surface area (Å²) in [6.45, 7) is 6.37. The topological polar surface area (TPSA) is 71.0 Å². The van der Waals surface area contributed by atoms with Gasteiger partial charge in [0.15, 0.2) is 0 Å². The number of piperidine rings is 1. The Labute approximate surface area is 142 Å². The molecule has 6 heteroatoms. The molecule has 1 aliphatic heterocycles. The van der Waals surface area contributed by atoms with Gasteiger partial charge in [0.2, 0.25) is 5.91 Å². The number of aromatic nitrogens is 3. The molecule has 3 rings (SSSR count). The van der Waals surface area contributed by atoms with Crippen molar-refractivity contribution < 1.29 is 4.79 Å². The summed E-state index contributed by atoms with van der Waals surface area (Å²) in [4.78, 5) is 27.7. The SMILES string of the molecule is Cc1ccc(NC(=O)C2CCCN(Cc3cnc(C)cn3)C2)nc1. The lowest BCUT2D eigenvalue weighted by molar-refractivity contribution is -0.121. The van der Waals surface area contributed by atoms with Gasteiger partial charge < -0.3 is 5.32 Å². The molecule has 2 aromatic heterocycles. The largest absolute Gasteiger partial charge is 0.310 e. The maximum absolute atomic E-state index is 12.5. The average molecular weight is 325 g/mol. The highest BCUT2D eigenvalue weighted by atomic mass is 16.2. The predicted octanol–water partition coefficient (Wildman–Crippen LogP) is 2.34. The first-order chi connectivity index (χ1) is 11.6. The molecule has 0 bridgehead atoms. The van der Waals surface area contributed by atoms with Crippen LogP contribution in [0.1, 0.15) is 29.8 Å². The van der Waals surface area contributed by atoms with Crippen molar-refractivity contribution >= 4 is 11.7 Å². The lowest BCUT2D eigenvalue weighted by Crippen LogP contribution is -2.40. The van der Waals surface area contributed by atoms with Gasteiger partial charge in [-0.3, -0.25) is 19.7 Å². The van der Waals surface area contributed by atoms with Crippen molar-refractivity contribution in [2.24, 2.45) is 5.92 Å². The Morgan fingerprint density at radius 2 is 2.08 bits per heavy atom. The van der Waals surface area contributed by atoms with E-state index in [2.05, 4.69) is 25.2 Å². The van der Waals surface area contributed by atoms with E-state index < -0.39 is 0 Å². The van der Waals surface area contributed by atoms with E-state index in [9.17, 15) is 4.79 Å². The van der Waals surface area contributed by atoms with Crippen molar-refractivity contribution in [1.29, 1.82) is 0 Å². The normalized spacial score (nSPS) is 18.3. The van der Waals surface area contributed by atoms with Crippen LogP contribution in [0.5, 0.6) is 0 Å². The lowest BCUT2D eigenvalue weighted by atomic mass is 9.97. The van der Waals surface area contributed by atoms with Gasteiger partial charge in [0.25, 0.3) is 0 Å². The fraction of sp³-hybridized carbons (Fsp3) is 0.444. The summed E-state index contributed by atoms with van der Waals surface area (Å²) >= 11 is 0. The molecule has 1 N–H and O–H groups in total. The molecule has 1 atom stereocenters. The standard InChI is InChI=1S/C18H23N5O/c1-13-5-6-17(21-8-13)22-18(24)15-4-3-7-23(11-15)12-16-10-19-14(2)9-20-16/h5-6,8-10,15H,3-4,7,11-12H2,1-2H3,(H,21,22,24). The van der Waals surface area contributed by atoms with Crippen molar-refractivity contribution in [3.63, 3.8) is 0 Å². The number of hydrogen-bond donors (Lipinski definition) is 1. The monoisotopic (exact) mass is 325 g/mol. The summed E-state index contributed by atoms with van der Waals surface area (Å²) in [5.41, 5.74) is 2.94. The zero-order chi connectivity index (χ0) is 16.9. The molecule has 0 aromatic carbocycles. The highest BCUT2D eigenvalue weighted by Gasteiger charge is 2.26. The van der Waals surface area contributed by atoms with Crippen molar-refractivity contribution in [3.8, 4) is 0 Å². The molecule has 2 aromatic rings. The minimum absolute atomic E-state index is 0.0136. The van der Waals surface area contributed by atoms with Crippen molar-refractivity contribution in [2.45, 2.75) is 33.2 Å². The van der Waals surface area contributed by atoms with Crippen LogP contribution in [0.25, 0.3) is 0 Å². The van der Waals surface area contributed by atoms with Gasteiger partial charge in [-0.2, -0.15) is 0 Å². The number of carbonyl (C=O) groups is 1. The number of rotatable bonds is 4. The molecule has 1 unspecified atom stereocenters. The number of anilines is 1. The van der Waals surface area contributed by atoms with Gasteiger partial charge in [-0.05, 0) is 44.9 Å². The first-order valence-corrected chi connectivity index (χ1v) is 8.33. The van der Waals surface area contributed by atoms with Gasteiger partial charge >= 0.3 is 0 Å². The van der Waals surface area contributed by atoms with Crippen LogP contribution >= 0.6 is 0 Å². The van der Waals surface area contributed by atoms with Crippen LogP contribution in [0.3, 0.4) is 0 Å². The van der Waals surface area contributed by atoms with E-state index in [1.54, 1.807) is 12.4 Å². The molecule has 0 radical (unpaired) electrons. The highest BCUT2D eigenvalue weighted by Crippen LogP contribution is 2.19. The number of nitrogens with one attached hydrogen (secondary N) is 1. The second-order valence-electron chi connectivity index (χ2n) is 6.43. The number of carbonyl (C=O) groups excluding carboxylic acids is 1. The summed E-state index contributed by atoms with van der Waals surface area (Å²) < 4.78 is 0. The van der Waals surface area contributed by atoms with Gasteiger partial charge in [0.1, 0.15) is 5.82 Å². The summed E-state index contributed by atoms with van der Waals surface area (Å²) in [7, 11) is 0. The maximum atomic E-state index is 12.5. The smallest absolute Gasteiger partial charge is 0.229 e. The summed E-state index contributed by atoms with van der Waals surface area (Å²) in [6.07, 6.45) is 7.28. The van der Waals surface area contributed by atoms with Crippen LogP contribution in [-0.2, 0) is 11.3 Å². The number of aryl methyl sites for hydroxylation is 2. The molecule has 1 aliphatic rings. The van der Waals surface area contributed by atoms with Crippen LogP contribution in [0, 0.1) is 19.8 Å². The number of hydrogen-bond acceptors (Lipinski definition) is 5. The third-order valence-corrected chi connectivity index (χ3v) is 4.26. The number of nitrogens with zero attached hydrogens (tertiary/aromatic N) is 4. The quantitative estimate of drug-likeness (QED) is 0.934. The maximum Gasteiger partial charge on any atom is 0.229 e. The Morgan fingerprint density at radius 3 is 2.79 bits per heavy atom. The fourth-order valence-corrected chi connectivity index (χ4v) is 2.91. The third kappa shape index (κ3) is 4.35. The Hall–Kier alpha value is -2.34. The predicted molar refractivity (Wildman–Crippen MR) is 92.4 cm³/mol. The van der Waals surface area contributed by atoms with Crippen molar-refractivity contribution in [2.75, 3.05) is 18.4 Å². The molecule has 0 saturated carbocycles. The van der Waals surface area contributed by atoms with Crippen molar-refractivity contribution in [1.82, 2.24) is 19.9 Å². The molecule has 1 amide bonds.